The zero-order valence-corrected chi connectivity index (χ0v) is 14.6. The predicted octanol–water partition coefficient (Wildman–Crippen LogP) is 2.65. The van der Waals surface area contributed by atoms with Crippen molar-refractivity contribution < 1.29 is 13.2 Å². The van der Waals surface area contributed by atoms with Crippen LogP contribution in [0.2, 0.25) is 0 Å². The molecule has 0 atom stereocenters. The van der Waals surface area contributed by atoms with Gasteiger partial charge in [-0.1, -0.05) is 0 Å². The Hall–Kier alpha value is -0.480. The first-order valence-corrected chi connectivity index (χ1v) is 9.39. The first-order valence-electron chi connectivity index (χ1n) is 5.47. The number of hydrogen-bond acceptors (Lipinski definition) is 6. The number of aryl methyl sites for hydroxylation is 1. The van der Waals surface area contributed by atoms with Crippen molar-refractivity contribution in [2.24, 2.45) is 0 Å². The Morgan fingerprint density at radius 2 is 2.20 bits per heavy atom. The lowest BCUT2D eigenvalue weighted by Gasteiger charge is -2.06. The summed E-state index contributed by atoms with van der Waals surface area (Å²) in [5.74, 6) is 0.458. The molecule has 0 aliphatic rings. The molecule has 2 aromatic rings. The molecular weight excluding hydrogens is 390 g/mol. The number of rotatable bonds is 5. The number of aromatic nitrogens is 3. The number of ether oxygens (including phenoxy) is 1. The van der Waals surface area contributed by atoms with Gasteiger partial charge in [0.2, 0.25) is 0 Å². The summed E-state index contributed by atoms with van der Waals surface area (Å²) in [4.78, 5) is 0.810. The first-order chi connectivity index (χ1) is 9.34. The van der Waals surface area contributed by atoms with Crippen molar-refractivity contribution in [3.8, 4) is 10.7 Å². The Kier molecular flexibility index (Phi) is 4.85. The van der Waals surface area contributed by atoms with Crippen molar-refractivity contribution in [1.29, 1.82) is 0 Å². The molecule has 0 bridgehead atoms. The molecule has 20 heavy (non-hydrogen) atoms. The van der Waals surface area contributed by atoms with E-state index in [4.69, 9.17) is 15.4 Å². The summed E-state index contributed by atoms with van der Waals surface area (Å²) in [5.41, 5.74) is 1.04. The van der Waals surface area contributed by atoms with Crippen LogP contribution in [0, 0.1) is 6.92 Å². The second kappa shape index (κ2) is 6.10. The van der Waals surface area contributed by atoms with Gasteiger partial charge >= 0.3 is 0 Å². The maximum atomic E-state index is 11.5. The molecule has 10 heteroatoms. The van der Waals surface area contributed by atoms with Crippen LogP contribution in [0.3, 0.4) is 0 Å². The average Bonchev–Trinajstić information content (AvgIpc) is 2.90. The smallest absolute Gasteiger partial charge is 0.296 e. The van der Waals surface area contributed by atoms with Crippen molar-refractivity contribution in [3.63, 3.8) is 0 Å². The van der Waals surface area contributed by atoms with Crippen LogP contribution in [0.1, 0.15) is 5.56 Å². The average molecular weight is 401 g/mol. The number of thiophene rings is 1. The number of methoxy groups -OCH3 is 1. The van der Waals surface area contributed by atoms with E-state index in [-0.39, 0.29) is 5.16 Å². The van der Waals surface area contributed by atoms with E-state index in [0.29, 0.717) is 19.0 Å². The number of nitrogens with zero attached hydrogens (tertiary/aromatic N) is 3. The van der Waals surface area contributed by atoms with Crippen LogP contribution in [-0.2, 0) is 20.3 Å². The molecule has 0 amide bonds. The molecule has 0 saturated heterocycles. The number of halogens is 2. The van der Waals surface area contributed by atoms with Crippen LogP contribution < -0.4 is 0 Å². The molecule has 0 unspecified atom stereocenters. The highest BCUT2D eigenvalue weighted by Crippen LogP contribution is 2.34. The fourth-order valence-corrected chi connectivity index (χ4v) is 4.06. The minimum atomic E-state index is -3.96. The van der Waals surface area contributed by atoms with Crippen LogP contribution >= 0.6 is 37.9 Å². The zero-order chi connectivity index (χ0) is 14.9. The molecular formula is C10H11BrClN3O3S2. The van der Waals surface area contributed by atoms with Gasteiger partial charge in [0, 0.05) is 17.8 Å². The van der Waals surface area contributed by atoms with E-state index in [9.17, 15) is 8.42 Å². The van der Waals surface area contributed by atoms with Gasteiger partial charge in [-0.05, 0) is 34.5 Å². The van der Waals surface area contributed by atoms with Crippen LogP contribution in [0.25, 0.3) is 10.7 Å². The molecule has 0 saturated carbocycles. The molecule has 110 valence electrons. The Morgan fingerprint density at radius 1 is 1.50 bits per heavy atom. The molecule has 0 aliphatic heterocycles. The second-order valence-electron chi connectivity index (χ2n) is 3.96. The third kappa shape index (κ3) is 3.22. The lowest BCUT2D eigenvalue weighted by molar-refractivity contribution is 0.185. The molecule has 6 nitrogen and oxygen atoms in total. The van der Waals surface area contributed by atoms with Crippen molar-refractivity contribution in [2.45, 2.75) is 18.6 Å². The molecule has 0 radical (unpaired) electrons. The Bertz CT molecular complexity index is 707. The second-order valence-corrected chi connectivity index (χ2v) is 8.79. The molecule has 2 rings (SSSR count). The van der Waals surface area contributed by atoms with Gasteiger partial charge in [-0.15, -0.1) is 21.5 Å². The summed E-state index contributed by atoms with van der Waals surface area (Å²) < 4.78 is 30.5. The summed E-state index contributed by atoms with van der Waals surface area (Å²) in [6.45, 7) is 2.57. The molecule has 2 heterocycles. The maximum absolute atomic E-state index is 11.5. The lowest BCUT2D eigenvalue weighted by Crippen LogP contribution is -2.11. The van der Waals surface area contributed by atoms with Crippen molar-refractivity contribution in [3.05, 3.63) is 15.4 Å². The SMILES string of the molecule is COCCn1c(-c2cc(C)c(Br)s2)nnc1S(=O)(=O)Cl. The van der Waals surface area contributed by atoms with Gasteiger partial charge in [-0.2, -0.15) is 0 Å². The van der Waals surface area contributed by atoms with Gasteiger partial charge in [0.15, 0.2) is 5.82 Å². The normalized spacial score (nSPS) is 12.0. The zero-order valence-electron chi connectivity index (χ0n) is 10.6. The third-order valence-electron chi connectivity index (χ3n) is 2.53. The minimum Gasteiger partial charge on any atom is -0.383 e. The lowest BCUT2D eigenvalue weighted by atomic mass is 10.3. The molecule has 0 aliphatic carbocycles. The van der Waals surface area contributed by atoms with Crippen LogP contribution in [0.4, 0.5) is 0 Å². The molecule has 0 fully saturated rings. The highest BCUT2D eigenvalue weighted by molar-refractivity contribution is 9.11. The summed E-state index contributed by atoms with van der Waals surface area (Å²) in [5, 5.41) is 7.36. The van der Waals surface area contributed by atoms with E-state index in [1.54, 1.807) is 0 Å². The van der Waals surface area contributed by atoms with E-state index in [1.165, 1.54) is 23.0 Å². The predicted molar refractivity (Wildman–Crippen MR) is 80.7 cm³/mol. The first kappa shape index (κ1) is 15.9. The molecule has 2 aromatic heterocycles. The van der Waals surface area contributed by atoms with E-state index in [1.807, 2.05) is 13.0 Å². The Balaban J connectivity index is 2.55. The van der Waals surface area contributed by atoms with Gasteiger partial charge in [0.25, 0.3) is 14.2 Å². The van der Waals surface area contributed by atoms with Crippen LogP contribution in [0.5, 0.6) is 0 Å². The summed E-state index contributed by atoms with van der Waals surface area (Å²) >= 11 is 4.88. The number of hydrogen-bond donors (Lipinski definition) is 0. The van der Waals surface area contributed by atoms with E-state index < -0.39 is 9.05 Å². The Morgan fingerprint density at radius 3 is 2.70 bits per heavy atom. The standard InChI is InChI=1S/C10H11BrClN3O3S2/c1-6-5-7(19-8(6)11)9-13-14-10(20(12,16)17)15(9)3-4-18-2/h5H,3-4H2,1-2H3. The monoisotopic (exact) mass is 399 g/mol. The molecule has 0 spiro atoms. The Labute approximate surface area is 133 Å². The fourth-order valence-electron chi connectivity index (χ4n) is 1.61. The third-order valence-corrected chi connectivity index (χ3v) is 5.82. The van der Waals surface area contributed by atoms with E-state index in [2.05, 4.69) is 26.1 Å². The van der Waals surface area contributed by atoms with E-state index in [0.717, 1.165) is 14.2 Å². The van der Waals surface area contributed by atoms with Gasteiger partial charge < -0.3 is 4.74 Å². The van der Waals surface area contributed by atoms with Crippen LogP contribution in [-0.4, -0.2) is 36.9 Å². The highest BCUT2D eigenvalue weighted by atomic mass is 79.9. The minimum absolute atomic E-state index is 0.270. The van der Waals surface area contributed by atoms with Crippen LogP contribution in [0.15, 0.2) is 15.0 Å². The quantitative estimate of drug-likeness (QED) is 0.721. The van der Waals surface area contributed by atoms with Gasteiger partial charge in [0.05, 0.1) is 21.8 Å². The molecule has 0 aromatic carbocycles. The maximum Gasteiger partial charge on any atom is 0.296 e. The van der Waals surface area contributed by atoms with Crippen molar-refractivity contribution in [2.75, 3.05) is 13.7 Å². The fraction of sp³-hybridized carbons (Fsp3) is 0.400. The van der Waals surface area contributed by atoms with Crippen molar-refractivity contribution in [1.82, 2.24) is 14.8 Å². The molecule has 0 N–H and O–H groups in total. The summed E-state index contributed by atoms with van der Waals surface area (Å²) in [7, 11) is 2.96. The summed E-state index contributed by atoms with van der Waals surface area (Å²) in [6, 6.07) is 1.91. The summed E-state index contributed by atoms with van der Waals surface area (Å²) in [6.07, 6.45) is 0. The van der Waals surface area contributed by atoms with Gasteiger partial charge in [0.1, 0.15) is 0 Å². The van der Waals surface area contributed by atoms with Gasteiger partial charge in [-0.25, -0.2) is 8.42 Å². The topological polar surface area (TPSA) is 74.1 Å². The van der Waals surface area contributed by atoms with E-state index >= 15 is 0 Å². The van der Waals surface area contributed by atoms with Crippen molar-refractivity contribution >= 4 is 47.0 Å². The highest BCUT2D eigenvalue weighted by Gasteiger charge is 2.24. The largest absolute Gasteiger partial charge is 0.383 e. The van der Waals surface area contributed by atoms with Gasteiger partial charge in [-0.3, -0.25) is 4.57 Å².